The maximum Gasteiger partial charge on any atom is 0.0976 e. The van der Waals surface area contributed by atoms with Crippen molar-refractivity contribution in [2.45, 2.75) is 33.9 Å². The molecule has 0 aliphatic carbocycles. The molecule has 11 heteroatoms. The fourth-order valence-electron chi connectivity index (χ4n) is 3.92. The van der Waals surface area contributed by atoms with Crippen molar-refractivity contribution in [3.8, 4) is 0 Å². The fourth-order valence-corrected chi connectivity index (χ4v) is 3.92. The lowest BCUT2D eigenvalue weighted by molar-refractivity contribution is 0.387. The van der Waals surface area contributed by atoms with Crippen LogP contribution in [0.2, 0.25) is 0 Å². The smallest absolute Gasteiger partial charge is 0.0976 e. The van der Waals surface area contributed by atoms with Gasteiger partial charge in [0.2, 0.25) is 0 Å². The molecular formula is C25H35N11. The van der Waals surface area contributed by atoms with Crippen LogP contribution in [0.4, 0.5) is 5.69 Å². The number of aromatic nitrogens is 7. The van der Waals surface area contributed by atoms with Gasteiger partial charge in [-0.2, -0.15) is 25.2 Å². The van der Waals surface area contributed by atoms with Gasteiger partial charge in [-0.25, -0.2) is 5.84 Å². The number of aryl methyl sites for hydroxylation is 3. The summed E-state index contributed by atoms with van der Waals surface area (Å²) in [5.41, 5.74) is 17.2. The first-order valence-corrected chi connectivity index (χ1v) is 11.7. The Balaban J connectivity index is 0.000000188. The zero-order chi connectivity index (χ0) is 26.2. The summed E-state index contributed by atoms with van der Waals surface area (Å²) in [5.74, 6) is 5.80. The third-order valence-electron chi connectivity index (χ3n) is 5.18. The molecule has 36 heavy (non-hydrogen) atoms. The van der Waals surface area contributed by atoms with Crippen LogP contribution in [0.1, 0.15) is 30.5 Å². The molecule has 0 aliphatic rings. The van der Waals surface area contributed by atoms with Crippen molar-refractivity contribution in [3.05, 3.63) is 78.1 Å². The summed E-state index contributed by atoms with van der Waals surface area (Å²) in [6.07, 6.45) is 10.3. The van der Waals surface area contributed by atoms with Gasteiger partial charge in [-0.15, -0.1) is 0 Å². The van der Waals surface area contributed by atoms with E-state index in [1.807, 2.05) is 57.2 Å². The first kappa shape index (κ1) is 26.2. The average molecular weight is 490 g/mol. The third-order valence-corrected chi connectivity index (χ3v) is 5.18. The number of anilines is 1. The molecule has 0 atom stereocenters. The number of nitrogens with two attached hydrogens (primary N) is 3. The molecule has 0 saturated carbocycles. The molecular weight excluding hydrogens is 454 g/mol. The second-order valence-electron chi connectivity index (χ2n) is 8.16. The number of hydrogen-bond donors (Lipinski definition) is 3. The van der Waals surface area contributed by atoms with E-state index in [0.29, 0.717) is 13.1 Å². The number of fused-ring (bicyclic) bond motifs is 2. The van der Waals surface area contributed by atoms with Crippen molar-refractivity contribution < 1.29 is 0 Å². The van der Waals surface area contributed by atoms with Crippen LogP contribution in [0.3, 0.4) is 0 Å². The number of nitrogens with zero attached hydrogens (tertiary/aromatic N) is 8. The predicted molar refractivity (Wildman–Crippen MR) is 144 cm³/mol. The molecule has 0 fully saturated rings. The monoisotopic (exact) mass is 489 g/mol. The number of benzene rings is 2. The predicted octanol–water partition coefficient (Wildman–Crippen LogP) is 2.81. The highest BCUT2D eigenvalue weighted by Crippen LogP contribution is 2.22. The van der Waals surface area contributed by atoms with E-state index < -0.39 is 0 Å². The van der Waals surface area contributed by atoms with Crippen LogP contribution in [-0.2, 0) is 27.2 Å². The van der Waals surface area contributed by atoms with Gasteiger partial charge < -0.3 is 16.5 Å². The highest BCUT2D eigenvalue weighted by Gasteiger charge is 2.09. The zero-order valence-corrected chi connectivity index (χ0v) is 21.5. The zero-order valence-electron chi connectivity index (χ0n) is 21.5. The van der Waals surface area contributed by atoms with Gasteiger partial charge >= 0.3 is 0 Å². The Bertz CT molecular complexity index is 1430. The Morgan fingerprint density at radius 2 is 1.47 bits per heavy atom. The first-order chi connectivity index (χ1) is 17.3. The number of hydrazine groups is 1. The lowest BCUT2D eigenvalue weighted by atomic mass is 10.1. The molecule has 0 amide bonds. The second kappa shape index (κ2) is 11.8. The average Bonchev–Trinajstić information content (AvgIpc) is 3.55. The summed E-state index contributed by atoms with van der Waals surface area (Å²) in [7, 11) is 3.81. The van der Waals surface area contributed by atoms with Gasteiger partial charge in [-0.1, -0.05) is 19.9 Å². The molecule has 0 radical (unpaired) electrons. The van der Waals surface area contributed by atoms with E-state index in [0.717, 1.165) is 38.6 Å². The van der Waals surface area contributed by atoms with Gasteiger partial charge in [0.25, 0.3) is 0 Å². The minimum atomic E-state index is 0.575. The van der Waals surface area contributed by atoms with E-state index >= 15 is 0 Å². The molecule has 5 aromatic rings. The van der Waals surface area contributed by atoms with Crippen LogP contribution in [-0.4, -0.2) is 39.6 Å². The molecule has 3 aromatic heterocycles. The summed E-state index contributed by atoms with van der Waals surface area (Å²) in [6.45, 7) is 7.23. The Hall–Kier alpha value is -4.38. The minimum absolute atomic E-state index is 0.575. The topological polar surface area (TPSA) is 148 Å². The molecule has 0 unspecified atom stereocenters. The summed E-state index contributed by atoms with van der Waals surface area (Å²) >= 11 is 0. The number of hydrogen-bond acceptors (Lipinski definition) is 8. The first-order valence-electron chi connectivity index (χ1n) is 11.7. The fraction of sp³-hybridized carbons (Fsp3) is 0.280. The van der Waals surface area contributed by atoms with Gasteiger partial charge in [0.05, 0.1) is 36.5 Å². The standard InChI is InChI=1S/C12H17N5.C11H12N6.C2H6/c1-9-5-10-7-16(2)15-12(10)11(6-9)8-17(14)4-3-13;1-16-6-8-4-10(12)5-9(11(8)15-16)7-17-13-2-3-14-17;1-2/h3-7H,8,13-14H2,1-2H3;2-6H,7,12H2,1H3;1-2H3/b4-3-;;. The molecule has 0 bridgehead atoms. The summed E-state index contributed by atoms with van der Waals surface area (Å²) in [5, 5.41) is 20.8. The van der Waals surface area contributed by atoms with Gasteiger partial charge in [-0.05, 0) is 30.7 Å². The Kier molecular flexibility index (Phi) is 8.63. The van der Waals surface area contributed by atoms with Gasteiger partial charge in [-0.3, -0.25) is 9.36 Å². The van der Waals surface area contributed by atoms with Crippen molar-refractivity contribution in [2.75, 3.05) is 5.73 Å². The lowest BCUT2D eigenvalue weighted by Gasteiger charge is -2.13. The molecule has 6 N–H and O–H groups in total. The van der Waals surface area contributed by atoms with Crippen LogP contribution in [0.25, 0.3) is 21.8 Å². The van der Waals surface area contributed by atoms with E-state index in [1.165, 1.54) is 11.8 Å². The third kappa shape index (κ3) is 6.39. The van der Waals surface area contributed by atoms with Crippen molar-refractivity contribution in [2.24, 2.45) is 25.7 Å². The van der Waals surface area contributed by atoms with E-state index in [9.17, 15) is 0 Å². The van der Waals surface area contributed by atoms with Crippen molar-refractivity contribution in [1.82, 2.24) is 39.6 Å². The SMILES string of the molecule is CC.Cc1cc(CN(N)/C=C\N)c2nn(C)cc2c1.Cn1cc2cc(N)cc(Cn3nccn3)c2n1. The maximum atomic E-state index is 5.88. The van der Waals surface area contributed by atoms with Crippen molar-refractivity contribution in [1.29, 1.82) is 0 Å². The quantitative estimate of drug-likeness (QED) is 0.194. The lowest BCUT2D eigenvalue weighted by Crippen LogP contribution is -2.24. The van der Waals surface area contributed by atoms with Crippen LogP contribution < -0.4 is 17.3 Å². The molecule has 3 heterocycles. The van der Waals surface area contributed by atoms with E-state index in [4.69, 9.17) is 17.3 Å². The van der Waals surface area contributed by atoms with Gasteiger partial charge in [0.15, 0.2) is 0 Å². The van der Waals surface area contributed by atoms with Crippen LogP contribution in [0.5, 0.6) is 0 Å². The summed E-state index contributed by atoms with van der Waals surface area (Å²) < 4.78 is 3.59. The largest absolute Gasteiger partial charge is 0.403 e. The maximum absolute atomic E-state index is 5.88. The van der Waals surface area contributed by atoms with E-state index in [1.54, 1.807) is 33.1 Å². The van der Waals surface area contributed by atoms with E-state index in [-0.39, 0.29) is 0 Å². The van der Waals surface area contributed by atoms with Crippen LogP contribution in [0, 0.1) is 6.92 Å². The van der Waals surface area contributed by atoms with Gasteiger partial charge in [0, 0.05) is 66.5 Å². The van der Waals surface area contributed by atoms with Gasteiger partial charge in [0.1, 0.15) is 0 Å². The Morgan fingerprint density at radius 1 is 0.889 bits per heavy atom. The Labute approximate surface area is 210 Å². The molecule has 5 rings (SSSR count). The highest BCUT2D eigenvalue weighted by molar-refractivity contribution is 5.85. The van der Waals surface area contributed by atoms with Crippen LogP contribution in [0.15, 0.2) is 61.5 Å². The second-order valence-corrected chi connectivity index (χ2v) is 8.16. The normalized spacial score (nSPS) is 10.8. The van der Waals surface area contributed by atoms with Crippen LogP contribution >= 0.6 is 0 Å². The molecule has 0 saturated heterocycles. The Morgan fingerprint density at radius 3 is 2.08 bits per heavy atom. The van der Waals surface area contributed by atoms with E-state index in [2.05, 4.69) is 39.5 Å². The molecule has 11 nitrogen and oxygen atoms in total. The molecule has 2 aromatic carbocycles. The number of nitrogen functional groups attached to an aromatic ring is 1. The summed E-state index contributed by atoms with van der Waals surface area (Å²) in [6, 6.07) is 8.05. The molecule has 0 aliphatic heterocycles. The summed E-state index contributed by atoms with van der Waals surface area (Å²) in [4.78, 5) is 1.61. The number of rotatable bonds is 5. The molecule has 190 valence electrons. The van der Waals surface area contributed by atoms with Crippen molar-refractivity contribution >= 4 is 27.5 Å². The highest BCUT2D eigenvalue weighted by atomic mass is 15.5. The van der Waals surface area contributed by atoms with Crippen molar-refractivity contribution in [3.63, 3.8) is 0 Å². The minimum Gasteiger partial charge on any atom is -0.403 e. The molecule has 0 spiro atoms.